The summed E-state index contributed by atoms with van der Waals surface area (Å²) in [7, 11) is 0. The molecule has 1 N–H and O–H groups in total. The lowest BCUT2D eigenvalue weighted by molar-refractivity contribution is -0.0872. The summed E-state index contributed by atoms with van der Waals surface area (Å²) >= 11 is 1.66. The Bertz CT molecular complexity index is 489. The number of carbonyl (C=O) groups excluding carboxylic acids is 1. The SMILES string of the molecule is CCC1(C)CN(C(=O)NCc2nc(C)sc2C)CCO1. The first kappa shape index (κ1) is 15.3. The molecule has 2 rings (SSSR count). The van der Waals surface area contributed by atoms with Crippen LogP contribution in [0.3, 0.4) is 0 Å². The zero-order valence-electron chi connectivity index (χ0n) is 12.7. The Labute approximate surface area is 124 Å². The van der Waals surface area contributed by atoms with Gasteiger partial charge in [-0.1, -0.05) is 6.92 Å². The first-order valence-electron chi connectivity index (χ1n) is 7.03. The van der Waals surface area contributed by atoms with Crippen LogP contribution in [0.25, 0.3) is 0 Å². The van der Waals surface area contributed by atoms with Gasteiger partial charge >= 0.3 is 6.03 Å². The van der Waals surface area contributed by atoms with Crippen LogP contribution < -0.4 is 5.32 Å². The minimum Gasteiger partial charge on any atom is -0.372 e. The Hall–Kier alpha value is -1.14. The van der Waals surface area contributed by atoms with Gasteiger partial charge < -0.3 is 15.0 Å². The number of aromatic nitrogens is 1. The van der Waals surface area contributed by atoms with Crippen molar-refractivity contribution in [1.29, 1.82) is 0 Å². The third-order valence-corrected chi connectivity index (χ3v) is 4.71. The van der Waals surface area contributed by atoms with Gasteiger partial charge in [0.2, 0.25) is 0 Å². The average Bonchev–Trinajstić information content (AvgIpc) is 2.74. The predicted molar refractivity (Wildman–Crippen MR) is 80.0 cm³/mol. The molecule has 1 aromatic rings. The van der Waals surface area contributed by atoms with Gasteiger partial charge in [0, 0.05) is 11.4 Å². The maximum atomic E-state index is 12.2. The maximum Gasteiger partial charge on any atom is 0.317 e. The minimum absolute atomic E-state index is 0.0296. The Morgan fingerprint density at radius 3 is 2.90 bits per heavy atom. The minimum atomic E-state index is -0.220. The second kappa shape index (κ2) is 6.10. The summed E-state index contributed by atoms with van der Waals surface area (Å²) in [5, 5.41) is 4.00. The van der Waals surface area contributed by atoms with Gasteiger partial charge in [0.05, 0.1) is 36.0 Å². The molecule has 112 valence electrons. The van der Waals surface area contributed by atoms with Crippen LogP contribution in [0.4, 0.5) is 4.79 Å². The summed E-state index contributed by atoms with van der Waals surface area (Å²) in [6, 6.07) is -0.0296. The van der Waals surface area contributed by atoms with E-state index in [9.17, 15) is 4.79 Å². The van der Waals surface area contributed by atoms with Crippen molar-refractivity contribution in [3.8, 4) is 0 Å². The lowest BCUT2D eigenvalue weighted by atomic mass is 10.0. The first-order valence-corrected chi connectivity index (χ1v) is 7.85. The van der Waals surface area contributed by atoms with E-state index in [-0.39, 0.29) is 11.6 Å². The number of morpholine rings is 1. The van der Waals surface area contributed by atoms with E-state index in [2.05, 4.69) is 24.1 Å². The number of ether oxygens (including phenoxy) is 1. The summed E-state index contributed by atoms with van der Waals surface area (Å²) < 4.78 is 5.75. The molecule has 1 aliphatic heterocycles. The van der Waals surface area contributed by atoms with E-state index in [0.717, 1.165) is 17.1 Å². The van der Waals surface area contributed by atoms with Crippen LogP contribution in [-0.2, 0) is 11.3 Å². The fourth-order valence-electron chi connectivity index (χ4n) is 2.33. The molecule has 0 saturated carbocycles. The molecule has 20 heavy (non-hydrogen) atoms. The van der Waals surface area contributed by atoms with Crippen molar-refractivity contribution in [3.05, 3.63) is 15.6 Å². The highest BCUT2D eigenvalue weighted by molar-refractivity contribution is 7.11. The fraction of sp³-hybridized carbons (Fsp3) is 0.714. The van der Waals surface area contributed by atoms with E-state index in [4.69, 9.17) is 4.74 Å². The van der Waals surface area contributed by atoms with Gasteiger partial charge in [0.25, 0.3) is 0 Å². The molecule has 2 amide bonds. The molecule has 1 aromatic heterocycles. The van der Waals surface area contributed by atoms with Crippen molar-refractivity contribution in [2.24, 2.45) is 0 Å². The maximum absolute atomic E-state index is 12.2. The molecular formula is C14H23N3O2S. The Kier molecular flexibility index (Phi) is 4.65. The molecule has 0 aliphatic carbocycles. The van der Waals surface area contributed by atoms with Gasteiger partial charge in [0.1, 0.15) is 0 Å². The smallest absolute Gasteiger partial charge is 0.317 e. The fourth-order valence-corrected chi connectivity index (χ4v) is 3.16. The standard InChI is InChI=1S/C14H23N3O2S/c1-5-14(4)9-17(6-7-19-14)13(18)15-8-12-10(2)20-11(3)16-12/h5-9H2,1-4H3,(H,15,18). The van der Waals surface area contributed by atoms with E-state index in [1.54, 1.807) is 11.3 Å². The van der Waals surface area contributed by atoms with Gasteiger partial charge in [-0.3, -0.25) is 0 Å². The number of hydrogen-bond acceptors (Lipinski definition) is 4. The number of urea groups is 1. The van der Waals surface area contributed by atoms with Crippen LogP contribution in [0.1, 0.15) is 35.8 Å². The second-order valence-corrected chi connectivity index (χ2v) is 6.88. The van der Waals surface area contributed by atoms with E-state index in [0.29, 0.717) is 26.2 Å². The number of rotatable bonds is 3. The number of nitrogens with zero attached hydrogens (tertiary/aromatic N) is 2. The molecule has 5 nitrogen and oxygen atoms in total. The lowest BCUT2D eigenvalue weighted by Gasteiger charge is -2.39. The second-order valence-electron chi connectivity index (χ2n) is 5.47. The number of nitrogens with one attached hydrogen (secondary N) is 1. The first-order chi connectivity index (χ1) is 9.43. The topological polar surface area (TPSA) is 54.5 Å². The summed E-state index contributed by atoms with van der Waals surface area (Å²) in [4.78, 5) is 19.7. The van der Waals surface area contributed by atoms with Gasteiger partial charge in [-0.2, -0.15) is 0 Å². The molecule has 1 saturated heterocycles. The molecule has 0 radical (unpaired) electrons. The van der Waals surface area contributed by atoms with Crippen LogP contribution in [0.2, 0.25) is 0 Å². The molecule has 0 aromatic carbocycles. The van der Waals surface area contributed by atoms with E-state index in [1.807, 2.05) is 18.7 Å². The number of hydrogen-bond donors (Lipinski definition) is 1. The summed E-state index contributed by atoms with van der Waals surface area (Å²) in [5.74, 6) is 0. The summed E-state index contributed by atoms with van der Waals surface area (Å²) in [6.07, 6.45) is 0.904. The van der Waals surface area contributed by atoms with Crippen molar-refractivity contribution in [1.82, 2.24) is 15.2 Å². The molecule has 1 unspecified atom stereocenters. The average molecular weight is 297 g/mol. The van der Waals surface area contributed by atoms with Crippen LogP contribution >= 0.6 is 11.3 Å². The molecule has 0 bridgehead atoms. The predicted octanol–water partition coefficient (Wildman–Crippen LogP) is 2.47. The van der Waals surface area contributed by atoms with Crippen molar-refractivity contribution in [2.45, 2.75) is 46.3 Å². The molecule has 0 spiro atoms. The molecule has 6 heteroatoms. The number of amides is 2. The highest BCUT2D eigenvalue weighted by Crippen LogP contribution is 2.21. The van der Waals surface area contributed by atoms with Gasteiger partial charge in [-0.15, -0.1) is 11.3 Å². The lowest BCUT2D eigenvalue weighted by Crippen LogP contribution is -2.54. The Balaban J connectivity index is 1.90. The zero-order valence-corrected chi connectivity index (χ0v) is 13.5. The molecule has 1 atom stereocenters. The van der Waals surface area contributed by atoms with Crippen LogP contribution in [0.15, 0.2) is 0 Å². The third kappa shape index (κ3) is 3.49. The normalized spacial score (nSPS) is 22.9. The van der Waals surface area contributed by atoms with Crippen LogP contribution in [0, 0.1) is 13.8 Å². The van der Waals surface area contributed by atoms with E-state index < -0.39 is 0 Å². The van der Waals surface area contributed by atoms with E-state index in [1.165, 1.54) is 4.88 Å². The van der Waals surface area contributed by atoms with Crippen molar-refractivity contribution >= 4 is 17.4 Å². The Morgan fingerprint density at radius 1 is 1.55 bits per heavy atom. The van der Waals surface area contributed by atoms with Gasteiger partial charge in [-0.05, 0) is 27.2 Å². The molecular weight excluding hydrogens is 274 g/mol. The van der Waals surface area contributed by atoms with Crippen molar-refractivity contribution in [2.75, 3.05) is 19.7 Å². The summed E-state index contributed by atoms with van der Waals surface area (Å²) in [5.41, 5.74) is 0.746. The van der Waals surface area contributed by atoms with Crippen molar-refractivity contribution < 1.29 is 9.53 Å². The largest absolute Gasteiger partial charge is 0.372 e. The Morgan fingerprint density at radius 2 is 2.30 bits per heavy atom. The van der Waals surface area contributed by atoms with E-state index >= 15 is 0 Å². The highest BCUT2D eigenvalue weighted by Gasteiger charge is 2.32. The number of carbonyl (C=O) groups is 1. The third-order valence-electron chi connectivity index (χ3n) is 3.78. The summed E-state index contributed by atoms with van der Waals surface area (Å²) in [6.45, 7) is 10.6. The quantitative estimate of drug-likeness (QED) is 0.932. The molecule has 1 fully saturated rings. The van der Waals surface area contributed by atoms with Crippen LogP contribution in [-0.4, -0.2) is 41.2 Å². The van der Waals surface area contributed by atoms with Gasteiger partial charge in [0.15, 0.2) is 0 Å². The highest BCUT2D eigenvalue weighted by atomic mass is 32.1. The number of aryl methyl sites for hydroxylation is 2. The number of thiazole rings is 1. The zero-order chi connectivity index (χ0) is 14.8. The van der Waals surface area contributed by atoms with Crippen LogP contribution in [0.5, 0.6) is 0 Å². The van der Waals surface area contributed by atoms with Gasteiger partial charge in [-0.25, -0.2) is 9.78 Å². The molecule has 2 heterocycles. The monoisotopic (exact) mass is 297 g/mol. The molecule has 1 aliphatic rings. The van der Waals surface area contributed by atoms with Crippen molar-refractivity contribution in [3.63, 3.8) is 0 Å².